The Morgan fingerprint density at radius 2 is 0.838 bits per heavy atom. The van der Waals surface area contributed by atoms with Crippen LogP contribution in [0, 0.1) is 0 Å². The average molecular weight is 517 g/mol. The molecule has 0 bridgehead atoms. The van der Waals surface area contributed by atoms with Gasteiger partial charge >= 0.3 is 5.97 Å². The third-order valence-electron chi connectivity index (χ3n) is 6.18. The highest BCUT2D eigenvalue weighted by atomic mass is 16.4. The van der Waals surface area contributed by atoms with Gasteiger partial charge in [-0.1, -0.05) is 140 Å². The van der Waals surface area contributed by atoms with Crippen molar-refractivity contribution in [3.05, 3.63) is 48.6 Å². The summed E-state index contributed by atoms with van der Waals surface area (Å²) in [6.07, 6.45) is 44.0. The van der Waals surface area contributed by atoms with Gasteiger partial charge in [0.2, 0.25) is 0 Å². The molecule has 0 aromatic rings. The summed E-state index contributed by atoms with van der Waals surface area (Å²) < 4.78 is 0. The Bertz CT molecular complexity index is 572. The minimum Gasteiger partial charge on any atom is -0.481 e. The molecule has 0 unspecified atom stereocenters. The van der Waals surface area contributed by atoms with Crippen molar-refractivity contribution in [1.29, 1.82) is 0 Å². The molecule has 0 heterocycles. The molecule has 0 fully saturated rings. The van der Waals surface area contributed by atoms with Crippen LogP contribution >= 0.6 is 0 Å². The van der Waals surface area contributed by atoms with Crippen molar-refractivity contribution in [3.63, 3.8) is 0 Å². The largest absolute Gasteiger partial charge is 0.481 e. The van der Waals surface area contributed by atoms with Crippen LogP contribution in [0.15, 0.2) is 48.6 Å². The average Bonchev–Trinajstić information content (AvgIpc) is 2.89. The zero-order valence-electron chi connectivity index (χ0n) is 24.5. The maximum absolute atomic E-state index is 10.3. The number of rotatable bonds is 26. The Morgan fingerprint density at radius 3 is 1.27 bits per heavy atom. The van der Waals surface area contributed by atoms with E-state index in [2.05, 4.69) is 56.4 Å². The summed E-state index contributed by atoms with van der Waals surface area (Å²) in [4.78, 5) is 20.4. The van der Waals surface area contributed by atoms with E-state index in [0.717, 1.165) is 32.0 Å². The molecule has 0 aliphatic rings. The lowest BCUT2D eigenvalue weighted by molar-refractivity contribution is -0.137. The first-order chi connectivity index (χ1) is 18.2. The maximum Gasteiger partial charge on any atom is 0.303 e. The first kappa shape index (κ1) is 37.3. The van der Waals surface area contributed by atoms with E-state index in [0.29, 0.717) is 12.8 Å². The van der Waals surface area contributed by atoms with Gasteiger partial charge in [0.25, 0.3) is 0 Å². The van der Waals surface area contributed by atoms with Crippen molar-refractivity contribution >= 4 is 12.3 Å². The van der Waals surface area contributed by atoms with E-state index in [1.807, 2.05) is 6.08 Å². The second-order valence-corrected chi connectivity index (χ2v) is 9.92. The van der Waals surface area contributed by atoms with Gasteiger partial charge in [-0.25, -0.2) is 0 Å². The normalized spacial score (nSPS) is 11.6. The third-order valence-corrected chi connectivity index (χ3v) is 6.18. The van der Waals surface area contributed by atoms with Crippen LogP contribution in [0.5, 0.6) is 0 Å². The van der Waals surface area contributed by atoms with Gasteiger partial charge in [0.1, 0.15) is 6.29 Å². The third kappa shape index (κ3) is 41.5. The highest BCUT2D eigenvalue weighted by molar-refractivity contribution is 5.66. The molecule has 3 nitrogen and oxygen atoms in total. The Labute approximate surface area is 230 Å². The van der Waals surface area contributed by atoms with Gasteiger partial charge in [-0.3, -0.25) is 4.79 Å². The number of unbranched alkanes of at least 4 members (excludes halogenated alkanes) is 17. The van der Waals surface area contributed by atoms with Gasteiger partial charge in [0, 0.05) is 12.8 Å². The molecule has 0 aromatic heterocycles. The number of carboxylic acid groups (broad SMARTS) is 1. The standard InChI is InChI=1S/C18H32O2.C16H28O/c1-2-3-4-5-6-7-8-9-10-11-12-13-14-15-16-17-18(19)20;1-2-3-4-5-6-7-8-9-10-11-12-13-14-15-16-17/h6-9H,2-5,10-17H2,1H3,(H,19,20);10-13,16H,2-9,14-15H2,1H3/b7-6-,9-8-;11-10-,13-12+. The van der Waals surface area contributed by atoms with Crippen LogP contribution in [0.2, 0.25) is 0 Å². The summed E-state index contributed by atoms with van der Waals surface area (Å²) in [5.74, 6) is -0.669. The molecule has 0 aliphatic carbocycles. The summed E-state index contributed by atoms with van der Waals surface area (Å²) >= 11 is 0. The number of hydrogen-bond donors (Lipinski definition) is 1. The van der Waals surface area contributed by atoms with Crippen LogP contribution in [-0.4, -0.2) is 17.4 Å². The molecule has 1 N–H and O–H groups in total. The van der Waals surface area contributed by atoms with Gasteiger partial charge < -0.3 is 9.90 Å². The van der Waals surface area contributed by atoms with Crippen LogP contribution in [0.1, 0.15) is 155 Å². The smallest absolute Gasteiger partial charge is 0.303 e. The van der Waals surface area contributed by atoms with Crippen molar-refractivity contribution in [2.75, 3.05) is 0 Å². The van der Waals surface area contributed by atoms with Crippen molar-refractivity contribution in [3.8, 4) is 0 Å². The van der Waals surface area contributed by atoms with E-state index in [-0.39, 0.29) is 0 Å². The molecule has 0 radical (unpaired) electrons. The summed E-state index contributed by atoms with van der Waals surface area (Å²) in [6.45, 7) is 4.49. The molecule has 0 saturated carbocycles. The lowest BCUT2D eigenvalue weighted by Gasteiger charge is -1.99. The van der Waals surface area contributed by atoms with E-state index in [1.165, 1.54) is 103 Å². The molecule has 0 amide bonds. The Morgan fingerprint density at radius 1 is 0.486 bits per heavy atom. The van der Waals surface area contributed by atoms with Gasteiger partial charge in [-0.2, -0.15) is 0 Å². The Kier molecular flexibility index (Phi) is 36.5. The molecular formula is C34H60O3. The highest BCUT2D eigenvalue weighted by Crippen LogP contribution is 2.10. The summed E-state index contributed by atoms with van der Waals surface area (Å²) in [5.41, 5.74) is 0. The number of carbonyl (C=O) groups excluding carboxylic acids is 1. The second-order valence-electron chi connectivity index (χ2n) is 9.92. The van der Waals surface area contributed by atoms with Crippen molar-refractivity contribution in [2.24, 2.45) is 0 Å². The summed E-state index contributed by atoms with van der Waals surface area (Å²) in [7, 11) is 0. The van der Waals surface area contributed by atoms with Crippen LogP contribution in [-0.2, 0) is 9.59 Å². The van der Waals surface area contributed by atoms with E-state index in [4.69, 9.17) is 5.11 Å². The van der Waals surface area contributed by atoms with Crippen molar-refractivity contribution in [1.82, 2.24) is 0 Å². The Hall–Kier alpha value is -1.90. The molecule has 0 aliphatic heterocycles. The number of aldehydes is 1. The molecular weight excluding hydrogens is 456 g/mol. The van der Waals surface area contributed by atoms with Crippen molar-refractivity contribution in [2.45, 2.75) is 155 Å². The lowest BCUT2D eigenvalue weighted by atomic mass is 10.1. The highest BCUT2D eigenvalue weighted by Gasteiger charge is 1.96. The van der Waals surface area contributed by atoms with E-state index in [1.54, 1.807) is 0 Å². The van der Waals surface area contributed by atoms with Crippen LogP contribution in [0.25, 0.3) is 0 Å². The zero-order valence-corrected chi connectivity index (χ0v) is 24.5. The zero-order chi connectivity index (χ0) is 27.5. The van der Waals surface area contributed by atoms with Crippen LogP contribution in [0.4, 0.5) is 0 Å². The van der Waals surface area contributed by atoms with Crippen LogP contribution in [0.3, 0.4) is 0 Å². The predicted octanol–water partition coefficient (Wildman–Crippen LogP) is 11.1. The number of hydrogen-bond acceptors (Lipinski definition) is 2. The monoisotopic (exact) mass is 516 g/mol. The molecule has 0 saturated heterocycles. The SMILES string of the molecule is CCCCC/C=C\C=C/CCCCCCCCC(=O)O.CCCCCCCCC/C=C\C=C\CCC=O. The number of aliphatic carboxylic acids is 1. The van der Waals surface area contributed by atoms with Gasteiger partial charge in [-0.15, -0.1) is 0 Å². The molecule has 37 heavy (non-hydrogen) atoms. The molecule has 0 rings (SSSR count). The number of carboxylic acids is 1. The van der Waals surface area contributed by atoms with E-state index < -0.39 is 5.97 Å². The lowest BCUT2D eigenvalue weighted by Crippen LogP contribution is -1.93. The van der Waals surface area contributed by atoms with Gasteiger partial charge in [0.05, 0.1) is 0 Å². The van der Waals surface area contributed by atoms with E-state index in [9.17, 15) is 9.59 Å². The topological polar surface area (TPSA) is 54.4 Å². The molecule has 0 spiro atoms. The van der Waals surface area contributed by atoms with Crippen LogP contribution < -0.4 is 0 Å². The number of allylic oxidation sites excluding steroid dienone is 8. The Balaban J connectivity index is 0. The van der Waals surface area contributed by atoms with Gasteiger partial charge in [0.15, 0.2) is 0 Å². The molecule has 3 heteroatoms. The maximum atomic E-state index is 10.3. The fourth-order valence-electron chi connectivity index (χ4n) is 3.84. The quantitative estimate of drug-likeness (QED) is 0.0706. The first-order valence-electron chi connectivity index (χ1n) is 15.5. The first-order valence-corrected chi connectivity index (χ1v) is 15.5. The fourth-order valence-corrected chi connectivity index (χ4v) is 3.84. The second kappa shape index (κ2) is 36.3. The minimum absolute atomic E-state index is 0.327. The number of carbonyl (C=O) groups is 2. The molecule has 0 atom stereocenters. The van der Waals surface area contributed by atoms with Gasteiger partial charge in [-0.05, 0) is 51.4 Å². The molecule has 0 aromatic carbocycles. The van der Waals surface area contributed by atoms with Crippen molar-refractivity contribution < 1.29 is 14.7 Å². The fraction of sp³-hybridized carbons (Fsp3) is 0.706. The summed E-state index contributed by atoms with van der Waals surface area (Å²) in [5, 5.41) is 8.50. The molecule has 214 valence electrons. The van der Waals surface area contributed by atoms with E-state index >= 15 is 0 Å². The predicted molar refractivity (Wildman–Crippen MR) is 163 cm³/mol. The summed E-state index contributed by atoms with van der Waals surface area (Å²) in [6, 6.07) is 0. The minimum atomic E-state index is -0.669.